The molecule has 0 fully saturated rings. The van der Waals surface area contributed by atoms with Gasteiger partial charge in [0, 0.05) is 0 Å². The predicted molar refractivity (Wildman–Crippen MR) is 125 cm³/mol. The normalized spacial score (nSPS) is 12.6. The van der Waals surface area contributed by atoms with Gasteiger partial charge in [-0.15, -0.1) is 0 Å². The van der Waals surface area contributed by atoms with Gasteiger partial charge >= 0.3 is 0 Å². The Morgan fingerprint density at radius 2 is 0.741 bits per heavy atom. The molecule has 0 spiro atoms. The van der Waals surface area contributed by atoms with Crippen molar-refractivity contribution in [2.75, 3.05) is 6.54 Å². The first-order valence-electron chi connectivity index (χ1n) is 13.0. The van der Waals surface area contributed by atoms with E-state index >= 15 is 0 Å². The van der Waals surface area contributed by atoms with Crippen molar-refractivity contribution in [2.45, 2.75) is 155 Å². The first kappa shape index (κ1) is 27.0. The van der Waals surface area contributed by atoms with Crippen LogP contribution in [0.25, 0.3) is 0 Å². The van der Waals surface area contributed by atoms with Crippen LogP contribution in [-0.2, 0) is 0 Å². The van der Waals surface area contributed by atoms with Gasteiger partial charge in [0.1, 0.15) is 0 Å². The molecular formula is C26H55N. The summed E-state index contributed by atoms with van der Waals surface area (Å²) in [7, 11) is 0. The Morgan fingerprint density at radius 1 is 0.444 bits per heavy atom. The molecule has 0 heterocycles. The molecule has 27 heavy (non-hydrogen) atoms. The van der Waals surface area contributed by atoms with E-state index in [1.54, 1.807) is 0 Å². The molecule has 0 aromatic carbocycles. The molecule has 0 aliphatic rings. The van der Waals surface area contributed by atoms with Crippen molar-refractivity contribution in [3.8, 4) is 0 Å². The minimum absolute atomic E-state index is 0.778. The van der Waals surface area contributed by atoms with Crippen LogP contribution in [0.15, 0.2) is 0 Å². The second kappa shape index (κ2) is 24.0. The second-order valence-corrected chi connectivity index (χ2v) is 9.02. The van der Waals surface area contributed by atoms with Crippen molar-refractivity contribution in [3.63, 3.8) is 0 Å². The maximum absolute atomic E-state index is 5.77. The van der Waals surface area contributed by atoms with Gasteiger partial charge < -0.3 is 5.73 Å². The molecule has 1 nitrogen and oxygen atoms in total. The molecule has 0 aliphatic carbocycles. The number of rotatable bonds is 23. The molecule has 1 heteroatoms. The molecule has 1 unspecified atom stereocenters. The molecule has 0 rings (SSSR count). The Balaban J connectivity index is 3.03. The van der Waals surface area contributed by atoms with E-state index in [1.165, 1.54) is 141 Å². The van der Waals surface area contributed by atoms with Gasteiger partial charge in [0.05, 0.1) is 0 Å². The highest BCUT2D eigenvalue weighted by atomic mass is 14.5. The van der Waals surface area contributed by atoms with E-state index in [1.807, 2.05) is 0 Å². The van der Waals surface area contributed by atoms with Gasteiger partial charge in [-0.1, -0.05) is 149 Å². The van der Waals surface area contributed by atoms with Crippen molar-refractivity contribution in [1.82, 2.24) is 0 Å². The zero-order valence-electron chi connectivity index (χ0n) is 19.4. The van der Waals surface area contributed by atoms with Crippen molar-refractivity contribution in [2.24, 2.45) is 11.7 Å². The number of hydrogen-bond donors (Lipinski definition) is 1. The predicted octanol–water partition coefficient (Wildman–Crippen LogP) is 9.18. The van der Waals surface area contributed by atoms with Crippen molar-refractivity contribution in [3.05, 3.63) is 0 Å². The molecule has 2 N–H and O–H groups in total. The molecule has 0 amide bonds. The summed E-state index contributed by atoms with van der Waals surface area (Å²) in [6.07, 6.45) is 31.8. The van der Waals surface area contributed by atoms with E-state index in [2.05, 4.69) is 13.8 Å². The molecule has 0 bridgehead atoms. The van der Waals surface area contributed by atoms with Crippen molar-refractivity contribution < 1.29 is 0 Å². The Labute approximate surface area is 173 Å². The van der Waals surface area contributed by atoms with E-state index < -0.39 is 0 Å². The van der Waals surface area contributed by atoms with Crippen LogP contribution in [0.5, 0.6) is 0 Å². The molecule has 0 saturated carbocycles. The van der Waals surface area contributed by atoms with Crippen LogP contribution in [0.2, 0.25) is 0 Å². The molecule has 0 aromatic heterocycles. The van der Waals surface area contributed by atoms with Gasteiger partial charge in [-0.25, -0.2) is 0 Å². The fraction of sp³-hybridized carbons (Fsp3) is 1.00. The second-order valence-electron chi connectivity index (χ2n) is 9.02. The first-order valence-corrected chi connectivity index (χ1v) is 13.0. The number of nitrogens with two attached hydrogens (primary N) is 1. The number of unbranched alkanes of at least 4 members (excludes halogenated alkanes) is 19. The fourth-order valence-electron chi connectivity index (χ4n) is 4.18. The summed E-state index contributed by atoms with van der Waals surface area (Å²) in [5, 5.41) is 0. The SMILES string of the molecule is CCCCCCCCCCCCCCCCCCCCCCC(CC)CN. The smallest absolute Gasteiger partial charge is 0.00490 e. The molecule has 0 aliphatic heterocycles. The fourth-order valence-corrected chi connectivity index (χ4v) is 4.18. The summed E-state index contributed by atoms with van der Waals surface area (Å²) in [6, 6.07) is 0. The Morgan fingerprint density at radius 3 is 1.00 bits per heavy atom. The van der Waals surface area contributed by atoms with E-state index in [0.717, 1.165) is 12.5 Å². The topological polar surface area (TPSA) is 26.0 Å². The molecule has 0 saturated heterocycles. The van der Waals surface area contributed by atoms with Crippen molar-refractivity contribution >= 4 is 0 Å². The van der Waals surface area contributed by atoms with Crippen molar-refractivity contribution in [1.29, 1.82) is 0 Å². The quantitative estimate of drug-likeness (QED) is 0.175. The van der Waals surface area contributed by atoms with Gasteiger partial charge in [-0.05, 0) is 18.9 Å². The lowest BCUT2D eigenvalue weighted by Crippen LogP contribution is -2.13. The van der Waals surface area contributed by atoms with Crippen LogP contribution in [0.1, 0.15) is 155 Å². The Bertz CT molecular complexity index is 247. The lowest BCUT2D eigenvalue weighted by atomic mass is 9.98. The summed E-state index contributed by atoms with van der Waals surface area (Å²) in [6.45, 7) is 5.46. The Hall–Kier alpha value is -0.0400. The first-order chi connectivity index (χ1) is 13.3. The average Bonchev–Trinajstić information content (AvgIpc) is 2.69. The van der Waals surface area contributed by atoms with E-state index in [0.29, 0.717) is 0 Å². The summed E-state index contributed by atoms with van der Waals surface area (Å²) >= 11 is 0. The van der Waals surface area contributed by atoms with E-state index in [-0.39, 0.29) is 0 Å². The van der Waals surface area contributed by atoms with E-state index in [9.17, 15) is 0 Å². The zero-order chi connectivity index (χ0) is 19.8. The lowest BCUT2D eigenvalue weighted by molar-refractivity contribution is 0.445. The summed E-state index contributed by atoms with van der Waals surface area (Å²) < 4.78 is 0. The maximum Gasteiger partial charge on any atom is -0.00490 e. The van der Waals surface area contributed by atoms with Gasteiger partial charge in [0.25, 0.3) is 0 Å². The average molecular weight is 382 g/mol. The summed E-state index contributed by atoms with van der Waals surface area (Å²) in [4.78, 5) is 0. The third-order valence-corrected chi connectivity index (χ3v) is 6.38. The molecular weight excluding hydrogens is 326 g/mol. The molecule has 164 valence electrons. The van der Waals surface area contributed by atoms with Crippen LogP contribution in [0, 0.1) is 5.92 Å². The monoisotopic (exact) mass is 381 g/mol. The summed E-state index contributed by atoms with van der Waals surface area (Å²) in [5.74, 6) is 0.778. The molecule has 1 atom stereocenters. The minimum atomic E-state index is 0.778. The molecule has 0 radical (unpaired) electrons. The number of hydrogen-bond acceptors (Lipinski definition) is 1. The van der Waals surface area contributed by atoms with Crippen LogP contribution >= 0.6 is 0 Å². The highest BCUT2D eigenvalue weighted by Crippen LogP contribution is 2.16. The lowest BCUT2D eigenvalue weighted by Gasteiger charge is -2.11. The van der Waals surface area contributed by atoms with Gasteiger partial charge in [0.15, 0.2) is 0 Å². The zero-order valence-corrected chi connectivity index (χ0v) is 19.4. The molecule has 0 aromatic rings. The van der Waals surface area contributed by atoms with Crippen LogP contribution in [0.4, 0.5) is 0 Å². The third-order valence-electron chi connectivity index (χ3n) is 6.38. The largest absolute Gasteiger partial charge is 0.330 e. The van der Waals surface area contributed by atoms with E-state index in [4.69, 9.17) is 5.73 Å². The van der Waals surface area contributed by atoms with Crippen LogP contribution in [0.3, 0.4) is 0 Å². The van der Waals surface area contributed by atoms with Gasteiger partial charge in [-0.3, -0.25) is 0 Å². The standard InChI is InChI=1S/C26H55N/c1-3-5-6-7-8-9-10-11-12-13-14-15-16-17-18-19-20-21-22-23-24-26(4-2)25-27/h26H,3-25,27H2,1-2H3. The van der Waals surface area contributed by atoms with Gasteiger partial charge in [0.2, 0.25) is 0 Å². The van der Waals surface area contributed by atoms with Crippen LogP contribution < -0.4 is 5.73 Å². The van der Waals surface area contributed by atoms with Crippen LogP contribution in [-0.4, -0.2) is 6.54 Å². The Kier molecular flexibility index (Phi) is 24.0. The highest BCUT2D eigenvalue weighted by Gasteiger charge is 2.02. The minimum Gasteiger partial charge on any atom is -0.330 e. The third kappa shape index (κ3) is 22.1. The highest BCUT2D eigenvalue weighted by molar-refractivity contribution is 4.58. The summed E-state index contributed by atoms with van der Waals surface area (Å²) in [5.41, 5.74) is 5.77. The van der Waals surface area contributed by atoms with Gasteiger partial charge in [-0.2, -0.15) is 0 Å². The maximum atomic E-state index is 5.77.